The predicted octanol–water partition coefficient (Wildman–Crippen LogP) is 2.72. The van der Waals surface area contributed by atoms with Crippen molar-refractivity contribution in [1.29, 1.82) is 0 Å². The van der Waals surface area contributed by atoms with Gasteiger partial charge in [0.25, 0.3) is 0 Å². The molecule has 2 bridgehead atoms. The van der Waals surface area contributed by atoms with E-state index < -0.39 is 0 Å². The molecule has 106 valence electrons. The van der Waals surface area contributed by atoms with Crippen LogP contribution >= 0.6 is 23.7 Å². The molecule has 19 heavy (non-hydrogen) atoms. The molecule has 2 aliphatic rings. The van der Waals surface area contributed by atoms with Gasteiger partial charge in [-0.15, -0.1) is 23.7 Å². The van der Waals surface area contributed by atoms with Gasteiger partial charge in [0.1, 0.15) is 0 Å². The molecule has 0 spiro atoms. The number of carbonyl (C=O) groups is 1. The molecule has 3 rings (SSSR count). The molecule has 3 nitrogen and oxygen atoms in total. The number of nitrogens with one attached hydrogen (secondary N) is 1. The molecule has 3 N–H and O–H groups in total. The van der Waals surface area contributed by atoms with Crippen LogP contribution in [0.2, 0.25) is 0 Å². The van der Waals surface area contributed by atoms with Crippen LogP contribution in [0.1, 0.15) is 37.1 Å². The van der Waals surface area contributed by atoms with Crippen LogP contribution in [-0.4, -0.2) is 11.9 Å². The molecule has 1 aromatic heterocycles. The quantitative estimate of drug-likeness (QED) is 0.902. The maximum atomic E-state index is 12.4. The van der Waals surface area contributed by atoms with Crippen LogP contribution in [0.4, 0.5) is 0 Å². The van der Waals surface area contributed by atoms with Crippen molar-refractivity contribution in [2.75, 3.05) is 0 Å². The molecule has 1 heterocycles. The minimum Gasteiger partial charge on any atom is -0.348 e. The summed E-state index contributed by atoms with van der Waals surface area (Å²) in [6.45, 7) is 2.04. The SMILES string of the molecule is CC(NC(=O)C1C2CCC(C2)C1N)c1cccs1.Cl. The van der Waals surface area contributed by atoms with Gasteiger partial charge in [0.05, 0.1) is 12.0 Å². The zero-order valence-electron chi connectivity index (χ0n) is 11.0. The number of nitrogens with two attached hydrogens (primary N) is 1. The third-order valence-corrected chi connectivity index (χ3v) is 5.67. The van der Waals surface area contributed by atoms with Gasteiger partial charge in [-0.25, -0.2) is 0 Å². The van der Waals surface area contributed by atoms with E-state index in [-0.39, 0.29) is 36.3 Å². The van der Waals surface area contributed by atoms with Crippen LogP contribution < -0.4 is 11.1 Å². The summed E-state index contributed by atoms with van der Waals surface area (Å²) < 4.78 is 0. The van der Waals surface area contributed by atoms with Crippen molar-refractivity contribution in [2.45, 2.75) is 38.3 Å². The zero-order chi connectivity index (χ0) is 12.7. The van der Waals surface area contributed by atoms with E-state index in [9.17, 15) is 4.79 Å². The first kappa shape index (κ1) is 14.8. The Bertz CT molecular complexity index is 435. The molecule has 0 aromatic carbocycles. The molecular formula is C14H21ClN2OS. The molecule has 5 atom stereocenters. The summed E-state index contributed by atoms with van der Waals surface area (Å²) in [5, 5.41) is 5.17. The number of carbonyl (C=O) groups excluding carboxylic acids is 1. The average molecular weight is 301 g/mol. The lowest BCUT2D eigenvalue weighted by Gasteiger charge is -2.28. The molecule has 0 radical (unpaired) electrons. The van der Waals surface area contributed by atoms with Crippen molar-refractivity contribution in [3.05, 3.63) is 22.4 Å². The maximum absolute atomic E-state index is 12.4. The summed E-state index contributed by atoms with van der Waals surface area (Å²) in [6.07, 6.45) is 3.56. The molecule has 1 aromatic rings. The van der Waals surface area contributed by atoms with Gasteiger partial charge in [-0.1, -0.05) is 6.07 Å². The van der Waals surface area contributed by atoms with Gasteiger partial charge in [-0.3, -0.25) is 4.79 Å². The monoisotopic (exact) mass is 300 g/mol. The Morgan fingerprint density at radius 3 is 2.79 bits per heavy atom. The molecule has 2 aliphatic carbocycles. The van der Waals surface area contributed by atoms with Gasteiger partial charge in [0.2, 0.25) is 5.91 Å². The second-order valence-electron chi connectivity index (χ2n) is 5.68. The number of amides is 1. The van der Waals surface area contributed by atoms with E-state index in [1.54, 1.807) is 11.3 Å². The summed E-state index contributed by atoms with van der Waals surface area (Å²) in [5.74, 6) is 1.32. The van der Waals surface area contributed by atoms with Gasteiger partial charge in [0.15, 0.2) is 0 Å². The Morgan fingerprint density at radius 2 is 2.21 bits per heavy atom. The molecule has 0 saturated heterocycles. The maximum Gasteiger partial charge on any atom is 0.225 e. The summed E-state index contributed by atoms with van der Waals surface area (Å²) in [5.41, 5.74) is 6.20. The first-order valence-electron chi connectivity index (χ1n) is 6.76. The van der Waals surface area contributed by atoms with E-state index in [4.69, 9.17) is 5.73 Å². The van der Waals surface area contributed by atoms with Crippen molar-refractivity contribution in [3.8, 4) is 0 Å². The van der Waals surface area contributed by atoms with E-state index in [1.807, 2.05) is 18.4 Å². The number of halogens is 1. The van der Waals surface area contributed by atoms with Crippen molar-refractivity contribution < 1.29 is 4.79 Å². The topological polar surface area (TPSA) is 55.1 Å². The molecule has 2 fully saturated rings. The summed E-state index contributed by atoms with van der Waals surface area (Å²) in [6, 6.07) is 4.27. The van der Waals surface area contributed by atoms with Crippen LogP contribution in [-0.2, 0) is 4.79 Å². The normalized spacial score (nSPS) is 33.8. The largest absolute Gasteiger partial charge is 0.348 e. The Labute approximate surface area is 124 Å². The van der Waals surface area contributed by atoms with Gasteiger partial charge >= 0.3 is 0 Å². The first-order chi connectivity index (χ1) is 8.66. The van der Waals surface area contributed by atoms with Crippen molar-refractivity contribution in [3.63, 3.8) is 0 Å². The second-order valence-corrected chi connectivity index (χ2v) is 6.66. The minimum atomic E-state index is 0. The number of fused-ring (bicyclic) bond motifs is 2. The van der Waals surface area contributed by atoms with Gasteiger partial charge < -0.3 is 11.1 Å². The highest BCUT2D eigenvalue weighted by Gasteiger charge is 2.49. The Balaban J connectivity index is 0.00000133. The van der Waals surface area contributed by atoms with Crippen LogP contribution in [0.3, 0.4) is 0 Å². The van der Waals surface area contributed by atoms with Crippen molar-refractivity contribution in [1.82, 2.24) is 5.32 Å². The van der Waals surface area contributed by atoms with Crippen molar-refractivity contribution in [2.24, 2.45) is 23.5 Å². The van der Waals surface area contributed by atoms with Crippen molar-refractivity contribution >= 4 is 29.7 Å². The highest BCUT2D eigenvalue weighted by Crippen LogP contribution is 2.47. The number of rotatable bonds is 3. The van der Waals surface area contributed by atoms with Gasteiger partial charge in [-0.05, 0) is 49.5 Å². The van der Waals surface area contributed by atoms with E-state index in [2.05, 4.69) is 11.4 Å². The Kier molecular flexibility index (Phi) is 4.54. The van der Waals surface area contributed by atoms with E-state index in [0.29, 0.717) is 11.8 Å². The van der Waals surface area contributed by atoms with E-state index in [1.165, 1.54) is 17.7 Å². The molecule has 5 heteroatoms. The lowest BCUT2D eigenvalue weighted by molar-refractivity contribution is -0.127. The first-order valence-corrected chi connectivity index (χ1v) is 7.64. The third-order valence-electron chi connectivity index (χ3n) is 4.61. The van der Waals surface area contributed by atoms with E-state index in [0.717, 1.165) is 6.42 Å². The van der Waals surface area contributed by atoms with Crippen LogP contribution in [0.5, 0.6) is 0 Å². The van der Waals surface area contributed by atoms with Crippen LogP contribution in [0.25, 0.3) is 0 Å². The molecule has 1 amide bonds. The smallest absolute Gasteiger partial charge is 0.225 e. The lowest BCUT2D eigenvalue weighted by Crippen LogP contribution is -2.45. The molecular weight excluding hydrogens is 280 g/mol. The highest BCUT2D eigenvalue weighted by molar-refractivity contribution is 7.10. The Morgan fingerprint density at radius 1 is 1.47 bits per heavy atom. The standard InChI is InChI=1S/C14H20N2OS.ClH/c1-8(11-3-2-6-18-11)16-14(17)12-9-4-5-10(7-9)13(12)15;/h2-3,6,8-10,12-13H,4-5,7,15H2,1H3,(H,16,17);1H. The lowest BCUT2D eigenvalue weighted by atomic mass is 9.84. The molecule has 5 unspecified atom stereocenters. The van der Waals surface area contributed by atoms with Gasteiger partial charge in [0, 0.05) is 10.9 Å². The summed E-state index contributed by atoms with van der Waals surface area (Å²) in [4.78, 5) is 13.6. The fourth-order valence-corrected chi connectivity index (χ4v) is 4.38. The van der Waals surface area contributed by atoms with Gasteiger partial charge in [-0.2, -0.15) is 0 Å². The fourth-order valence-electron chi connectivity index (χ4n) is 3.64. The minimum absolute atomic E-state index is 0. The Hall–Kier alpha value is -0.580. The molecule has 0 aliphatic heterocycles. The third kappa shape index (κ3) is 2.67. The van der Waals surface area contributed by atoms with Crippen LogP contribution in [0.15, 0.2) is 17.5 Å². The second kappa shape index (κ2) is 5.81. The number of hydrogen-bond acceptors (Lipinski definition) is 3. The average Bonchev–Trinajstić information content (AvgIpc) is 3.05. The summed E-state index contributed by atoms with van der Waals surface area (Å²) >= 11 is 1.69. The van der Waals surface area contributed by atoms with E-state index >= 15 is 0 Å². The summed E-state index contributed by atoms with van der Waals surface area (Å²) in [7, 11) is 0. The fraction of sp³-hybridized carbons (Fsp3) is 0.643. The molecule has 2 saturated carbocycles. The zero-order valence-corrected chi connectivity index (χ0v) is 12.7. The number of hydrogen-bond donors (Lipinski definition) is 2. The number of thiophene rings is 1. The predicted molar refractivity (Wildman–Crippen MR) is 80.4 cm³/mol. The van der Waals surface area contributed by atoms with Crippen LogP contribution in [0, 0.1) is 17.8 Å². The highest BCUT2D eigenvalue weighted by atomic mass is 35.5.